The van der Waals surface area contributed by atoms with Gasteiger partial charge in [-0.25, -0.2) is 0 Å². The molecule has 1 aliphatic rings. The number of thiophene rings is 1. The summed E-state index contributed by atoms with van der Waals surface area (Å²) in [5.41, 5.74) is 1.61. The van der Waals surface area contributed by atoms with E-state index in [1.165, 1.54) is 4.88 Å². The van der Waals surface area contributed by atoms with Crippen LogP contribution in [0.4, 0.5) is 5.69 Å². The Labute approximate surface area is 173 Å². The molecule has 1 amide bonds. The number of para-hydroxylation sites is 2. The number of nitrogens with zero attached hydrogens (tertiary/aromatic N) is 2. The second-order valence-electron chi connectivity index (χ2n) is 6.63. The van der Waals surface area contributed by atoms with Crippen LogP contribution in [0.15, 0.2) is 70.9 Å². The van der Waals surface area contributed by atoms with Gasteiger partial charge in [-0.3, -0.25) is 4.79 Å². The number of phenols is 1. The zero-order valence-corrected chi connectivity index (χ0v) is 17.1. The molecule has 0 radical (unpaired) electrons. The van der Waals surface area contributed by atoms with Gasteiger partial charge in [-0.15, -0.1) is 23.1 Å². The van der Waals surface area contributed by atoms with Gasteiger partial charge in [0.2, 0.25) is 0 Å². The van der Waals surface area contributed by atoms with Crippen LogP contribution in [0.25, 0.3) is 0 Å². The molecule has 0 saturated carbocycles. The van der Waals surface area contributed by atoms with Gasteiger partial charge in [0.15, 0.2) is 0 Å². The summed E-state index contributed by atoms with van der Waals surface area (Å²) in [5, 5.41) is 12.1. The average Bonchev–Trinajstić information content (AvgIpc) is 3.26. The van der Waals surface area contributed by atoms with Gasteiger partial charge in [0.05, 0.1) is 11.3 Å². The first kappa shape index (κ1) is 18.9. The molecule has 28 heavy (non-hydrogen) atoms. The number of piperazine rings is 1. The molecule has 0 unspecified atom stereocenters. The molecule has 2 aromatic carbocycles. The first-order chi connectivity index (χ1) is 13.7. The number of rotatable bonds is 5. The molecular weight excluding hydrogens is 388 g/mol. The molecular formula is C22H22N2O2S2. The minimum atomic E-state index is 0.0891. The predicted molar refractivity (Wildman–Crippen MR) is 117 cm³/mol. The summed E-state index contributed by atoms with van der Waals surface area (Å²) < 4.78 is 0. The number of benzene rings is 2. The summed E-state index contributed by atoms with van der Waals surface area (Å²) in [6.07, 6.45) is 0. The minimum Gasteiger partial charge on any atom is -0.506 e. The van der Waals surface area contributed by atoms with E-state index in [1.54, 1.807) is 29.2 Å². The molecule has 0 spiro atoms. The number of phenolic OH excluding ortho intramolecular Hbond substituents is 1. The monoisotopic (exact) mass is 410 g/mol. The molecule has 1 saturated heterocycles. The number of hydrogen-bond donors (Lipinski definition) is 1. The van der Waals surface area contributed by atoms with Crippen LogP contribution in [-0.4, -0.2) is 42.1 Å². The molecule has 0 atom stereocenters. The van der Waals surface area contributed by atoms with Crippen molar-refractivity contribution in [2.24, 2.45) is 0 Å². The van der Waals surface area contributed by atoms with Gasteiger partial charge < -0.3 is 14.9 Å². The van der Waals surface area contributed by atoms with E-state index in [0.717, 1.165) is 21.9 Å². The third-order valence-corrected chi connectivity index (χ3v) is 7.04. The number of aromatic hydroxyl groups is 1. The minimum absolute atomic E-state index is 0.0891. The lowest BCUT2D eigenvalue weighted by molar-refractivity contribution is 0.0743. The van der Waals surface area contributed by atoms with Crippen molar-refractivity contribution < 1.29 is 9.90 Å². The maximum atomic E-state index is 13.1. The Morgan fingerprint density at radius 1 is 0.964 bits per heavy atom. The molecule has 2 heterocycles. The largest absolute Gasteiger partial charge is 0.506 e. The van der Waals surface area contributed by atoms with Crippen molar-refractivity contribution in [2.75, 3.05) is 31.1 Å². The highest BCUT2D eigenvalue weighted by molar-refractivity contribution is 7.98. The second kappa shape index (κ2) is 8.71. The Hall–Kier alpha value is -2.44. The van der Waals surface area contributed by atoms with Gasteiger partial charge in [-0.2, -0.15) is 0 Å². The van der Waals surface area contributed by atoms with Crippen LogP contribution >= 0.6 is 23.1 Å². The fraction of sp³-hybridized carbons (Fsp3) is 0.227. The van der Waals surface area contributed by atoms with E-state index in [9.17, 15) is 9.90 Å². The topological polar surface area (TPSA) is 43.8 Å². The quantitative estimate of drug-likeness (QED) is 0.619. The number of anilines is 1. The highest BCUT2D eigenvalue weighted by Crippen LogP contribution is 2.30. The highest BCUT2D eigenvalue weighted by atomic mass is 32.2. The summed E-state index contributed by atoms with van der Waals surface area (Å²) >= 11 is 3.46. The van der Waals surface area contributed by atoms with Crippen molar-refractivity contribution in [1.82, 2.24) is 4.90 Å². The van der Waals surface area contributed by atoms with Crippen LogP contribution < -0.4 is 4.90 Å². The molecule has 1 fully saturated rings. The molecule has 1 aliphatic heterocycles. The first-order valence-corrected chi connectivity index (χ1v) is 11.2. The molecule has 4 rings (SSSR count). The molecule has 1 aromatic heterocycles. The van der Waals surface area contributed by atoms with Crippen molar-refractivity contribution in [1.29, 1.82) is 0 Å². The van der Waals surface area contributed by atoms with E-state index in [-0.39, 0.29) is 11.7 Å². The Morgan fingerprint density at radius 2 is 1.71 bits per heavy atom. The van der Waals surface area contributed by atoms with Gasteiger partial charge in [0.25, 0.3) is 5.91 Å². The van der Waals surface area contributed by atoms with Gasteiger partial charge in [-0.1, -0.05) is 30.3 Å². The lowest BCUT2D eigenvalue weighted by Gasteiger charge is -2.36. The third-order valence-electron chi connectivity index (χ3n) is 4.86. The number of thioether (sulfide) groups is 1. The van der Waals surface area contributed by atoms with Crippen LogP contribution in [0.3, 0.4) is 0 Å². The van der Waals surface area contributed by atoms with Gasteiger partial charge >= 0.3 is 0 Å². The van der Waals surface area contributed by atoms with Gasteiger partial charge in [-0.05, 0) is 35.7 Å². The van der Waals surface area contributed by atoms with Crippen LogP contribution in [0, 0.1) is 0 Å². The van der Waals surface area contributed by atoms with Crippen molar-refractivity contribution >= 4 is 34.7 Å². The Bertz CT molecular complexity index is 935. The summed E-state index contributed by atoms with van der Waals surface area (Å²) in [6.45, 7) is 2.73. The van der Waals surface area contributed by atoms with Crippen molar-refractivity contribution in [3.05, 3.63) is 76.5 Å². The SMILES string of the molecule is O=C(c1ccccc1SCc1cccs1)N1CCN(c2ccccc2O)CC1. The molecule has 0 aliphatic carbocycles. The van der Waals surface area contributed by atoms with Crippen LogP contribution in [0.2, 0.25) is 0 Å². The zero-order chi connectivity index (χ0) is 19.3. The van der Waals surface area contributed by atoms with Crippen LogP contribution in [0.5, 0.6) is 5.75 Å². The standard InChI is InChI=1S/C22H22N2O2S2/c25-20-9-3-2-8-19(20)23-11-13-24(14-12-23)22(26)18-7-1-4-10-21(18)28-16-17-6-5-15-27-17/h1-10,15,25H,11-14,16H2. The third kappa shape index (κ3) is 4.18. The van der Waals surface area contributed by atoms with Crippen molar-refractivity contribution in [3.8, 4) is 5.75 Å². The maximum Gasteiger partial charge on any atom is 0.255 e. The molecule has 0 bridgehead atoms. The molecule has 6 heteroatoms. The van der Waals surface area contributed by atoms with Gasteiger partial charge in [0, 0.05) is 41.7 Å². The van der Waals surface area contributed by atoms with Crippen molar-refractivity contribution in [3.63, 3.8) is 0 Å². The highest BCUT2D eigenvalue weighted by Gasteiger charge is 2.24. The molecule has 3 aromatic rings. The summed E-state index contributed by atoms with van der Waals surface area (Å²) in [5.74, 6) is 1.26. The normalized spacial score (nSPS) is 14.3. The molecule has 1 N–H and O–H groups in total. The number of carbonyl (C=O) groups is 1. The smallest absolute Gasteiger partial charge is 0.255 e. The van der Waals surface area contributed by atoms with E-state index in [0.29, 0.717) is 26.2 Å². The zero-order valence-electron chi connectivity index (χ0n) is 15.5. The first-order valence-electron chi connectivity index (χ1n) is 9.29. The fourth-order valence-electron chi connectivity index (χ4n) is 3.37. The molecule has 144 valence electrons. The molecule has 4 nitrogen and oxygen atoms in total. The number of amides is 1. The van der Waals surface area contributed by atoms with Crippen LogP contribution in [-0.2, 0) is 5.75 Å². The van der Waals surface area contributed by atoms with E-state index >= 15 is 0 Å². The number of carbonyl (C=O) groups excluding carboxylic acids is 1. The van der Waals surface area contributed by atoms with Crippen LogP contribution in [0.1, 0.15) is 15.2 Å². The Balaban J connectivity index is 1.42. The lowest BCUT2D eigenvalue weighted by Crippen LogP contribution is -2.48. The van der Waals surface area contributed by atoms with E-state index in [1.807, 2.05) is 47.4 Å². The Morgan fingerprint density at radius 3 is 2.46 bits per heavy atom. The van der Waals surface area contributed by atoms with E-state index in [2.05, 4.69) is 22.4 Å². The Kier molecular flexibility index (Phi) is 5.88. The average molecular weight is 411 g/mol. The summed E-state index contributed by atoms with van der Waals surface area (Å²) in [4.78, 5) is 19.5. The lowest BCUT2D eigenvalue weighted by atomic mass is 10.1. The second-order valence-corrected chi connectivity index (χ2v) is 8.68. The van der Waals surface area contributed by atoms with Crippen molar-refractivity contribution in [2.45, 2.75) is 10.6 Å². The van der Waals surface area contributed by atoms with Gasteiger partial charge in [0.1, 0.15) is 5.75 Å². The summed E-state index contributed by atoms with van der Waals surface area (Å²) in [7, 11) is 0. The maximum absolute atomic E-state index is 13.1. The fourth-order valence-corrected chi connectivity index (χ4v) is 5.18. The predicted octanol–water partition coefficient (Wildman–Crippen LogP) is 4.71. The number of hydrogen-bond acceptors (Lipinski definition) is 5. The summed E-state index contributed by atoms with van der Waals surface area (Å²) in [6, 6.07) is 19.4. The van der Waals surface area contributed by atoms with E-state index in [4.69, 9.17) is 0 Å². The van der Waals surface area contributed by atoms with E-state index < -0.39 is 0 Å².